The van der Waals surface area contributed by atoms with Crippen LogP contribution in [-0.2, 0) is 26.3 Å². The van der Waals surface area contributed by atoms with Gasteiger partial charge in [0.25, 0.3) is 0 Å². The molecule has 6 rings (SSSR count). The predicted octanol–water partition coefficient (Wildman–Crippen LogP) is 10.6. The van der Waals surface area contributed by atoms with Crippen LogP contribution in [0.15, 0.2) is 103 Å². The number of hydrogen-bond acceptors (Lipinski definition) is 4. The van der Waals surface area contributed by atoms with Gasteiger partial charge in [0.1, 0.15) is 11.5 Å². The van der Waals surface area contributed by atoms with Gasteiger partial charge in [-0.05, 0) is 53.1 Å². The van der Waals surface area contributed by atoms with E-state index in [0.717, 1.165) is 64.3 Å². The van der Waals surface area contributed by atoms with Crippen molar-refractivity contribution < 1.29 is 19.0 Å². The zero-order valence-electron chi connectivity index (χ0n) is 28.6. The molecule has 2 aliphatic rings. The molecule has 1 aliphatic heterocycles. The average molecular weight is 644 g/mol. The molecular weight excluding hydrogens is 594 g/mol. The van der Waals surface area contributed by atoms with Gasteiger partial charge in [0, 0.05) is 42.2 Å². The monoisotopic (exact) mass is 643 g/mol. The first-order valence-corrected chi connectivity index (χ1v) is 17.6. The van der Waals surface area contributed by atoms with Gasteiger partial charge in [-0.25, -0.2) is 0 Å². The lowest BCUT2D eigenvalue weighted by Crippen LogP contribution is -2.22. The summed E-state index contributed by atoms with van der Waals surface area (Å²) in [6.45, 7) is 7.76. The number of anilines is 1. The standard InChI is InChI=1S/C43H49NO4/c1-43(2,3)38-25-23-31(22-24-34(47-30-32-14-6-4-7-15-32)26-27-46-33-16-8-5-9-17-33)28-39(38)44-42(45)29-37-35-18-10-12-20-40(35)48-41-21-13-11-19-36(37)41/h4,6-7,10-15,18-25,28,33-34,37H,5,8-9,16-17,26-27,29-30H2,1-3H3,(H,44,45)/b24-22+. The highest BCUT2D eigenvalue weighted by Gasteiger charge is 2.29. The molecule has 1 fully saturated rings. The summed E-state index contributed by atoms with van der Waals surface area (Å²) in [5.41, 5.74) is 6.02. The SMILES string of the molecule is CC(C)(C)c1ccc(/C=C/C(CCOC2CCCCC2)OCc2ccccc2)cc1NC(=O)CC1c2ccccc2Oc2ccccc21. The Balaban J connectivity index is 1.18. The molecule has 0 aromatic heterocycles. The Morgan fingerprint density at radius 3 is 2.23 bits per heavy atom. The van der Waals surface area contributed by atoms with E-state index in [2.05, 4.69) is 80.7 Å². The summed E-state index contributed by atoms with van der Waals surface area (Å²) in [6, 6.07) is 32.7. The molecule has 1 aliphatic carbocycles. The van der Waals surface area contributed by atoms with E-state index in [1.165, 1.54) is 19.3 Å². The van der Waals surface area contributed by atoms with Gasteiger partial charge >= 0.3 is 0 Å². The number of rotatable bonds is 12. The van der Waals surface area contributed by atoms with E-state index < -0.39 is 0 Å². The van der Waals surface area contributed by atoms with Crippen molar-refractivity contribution in [3.63, 3.8) is 0 Å². The molecule has 0 saturated heterocycles. The number of nitrogens with one attached hydrogen (secondary N) is 1. The molecule has 1 atom stereocenters. The molecule has 4 aromatic rings. The summed E-state index contributed by atoms with van der Waals surface area (Å²) < 4.78 is 18.9. The minimum absolute atomic E-state index is 0.0259. The molecule has 1 amide bonds. The van der Waals surface area contributed by atoms with Crippen molar-refractivity contribution in [3.05, 3.63) is 131 Å². The second kappa shape index (κ2) is 15.8. The second-order valence-electron chi connectivity index (χ2n) is 14.2. The van der Waals surface area contributed by atoms with Crippen LogP contribution < -0.4 is 10.1 Å². The molecule has 0 bridgehead atoms. The van der Waals surface area contributed by atoms with E-state index in [9.17, 15) is 4.79 Å². The van der Waals surface area contributed by atoms with Crippen LogP contribution in [0, 0.1) is 0 Å². The Morgan fingerprint density at radius 2 is 1.54 bits per heavy atom. The minimum atomic E-state index is -0.152. The number of amides is 1. The van der Waals surface area contributed by atoms with Crippen LogP contribution in [0.4, 0.5) is 5.69 Å². The molecule has 0 radical (unpaired) electrons. The van der Waals surface area contributed by atoms with E-state index >= 15 is 0 Å². The summed E-state index contributed by atoms with van der Waals surface area (Å²) in [4.78, 5) is 13.8. The number of ether oxygens (including phenoxy) is 3. The predicted molar refractivity (Wildman–Crippen MR) is 195 cm³/mol. The summed E-state index contributed by atoms with van der Waals surface area (Å²) in [5, 5.41) is 3.31. The van der Waals surface area contributed by atoms with Gasteiger partial charge in [0.05, 0.1) is 18.8 Å². The van der Waals surface area contributed by atoms with E-state index in [0.29, 0.717) is 25.7 Å². The van der Waals surface area contributed by atoms with E-state index in [1.54, 1.807) is 0 Å². The number of benzene rings is 4. The second-order valence-corrected chi connectivity index (χ2v) is 14.2. The van der Waals surface area contributed by atoms with Crippen molar-refractivity contribution in [2.45, 2.75) is 95.9 Å². The van der Waals surface area contributed by atoms with Crippen molar-refractivity contribution in [2.75, 3.05) is 11.9 Å². The largest absolute Gasteiger partial charge is 0.457 e. The molecule has 1 N–H and O–H groups in total. The third-order valence-electron chi connectivity index (χ3n) is 9.44. The number of hydrogen-bond donors (Lipinski definition) is 1. The lowest BCUT2D eigenvalue weighted by Gasteiger charge is -2.28. The summed E-state index contributed by atoms with van der Waals surface area (Å²) in [7, 11) is 0. The first-order valence-electron chi connectivity index (χ1n) is 17.6. The molecule has 4 aromatic carbocycles. The molecule has 250 valence electrons. The third kappa shape index (κ3) is 8.83. The van der Waals surface area contributed by atoms with E-state index in [1.807, 2.05) is 54.6 Å². The van der Waals surface area contributed by atoms with Gasteiger partial charge in [-0.3, -0.25) is 4.79 Å². The summed E-state index contributed by atoms with van der Waals surface area (Å²) >= 11 is 0. The molecule has 48 heavy (non-hydrogen) atoms. The maximum atomic E-state index is 13.8. The number of carbonyl (C=O) groups is 1. The van der Waals surface area contributed by atoms with E-state index in [-0.39, 0.29) is 23.3 Å². The van der Waals surface area contributed by atoms with Crippen LogP contribution in [-0.4, -0.2) is 24.7 Å². The van der Waals surface area contributed by atoms with Crippen LogP contribution in [0.2, 0.25) is 0 Å². The van der Waals surface area contributed by atoms with Gasteiger partial charge in [-0.15, -0.1) is 0 Å². The third-order valence-corrected chi connectivity index (χ3v) is 9.44. The van der Waals surface area contributed by atoms with Gasteiger partial charge in [0.15, 0.2) is 0 Å². The van der Waals surface area contributed by atoms with Crippen LogP contribution in [0.3, 0.4) is 0 Å². The lowest BCUT2D eigenvalue weighted by atomic mass is 9.84. The molecule has 5 nitrogen and oxygen atoms in total. The number of carbonyl (C=O) groups excluding carboxylic acids is 1. The van der Waals surface area contributed by atoms with Crippen LogP contribution in [0.5, 0.6) is 11.5 Å². The Kier molecular flexibility index (Phi) is 11.1. The fourth-order valence-electron chi connectivity index (χ4n) is 6.85. The van der Waals surface area contributed by atoms with Gasteiger partial charge in [-0.2, -0.15) is 0 Å². The number of para-hydroxylation sites is 2. The maximum Gasteiger partial charge on any atom is 0.225 e. The van der Waals surface area contributed by atoms with Crippen LogP contribution in [0.1, 0.15) is 99.5 Å². The number of fused-ring (bicyclic) bond motifs is 2. The van der Waals surface area contributed by atoms with Crippen molar-refractivity contribution in [1.82, 2.24) is 0 Å². The van der Waals surface area contributed by atoms with E-state index in [4.69, 9.17) is 14.2 Å². The Bertz CT molecular complexity index is 1640. The quantitative estimate of drug-likeness (QED) is 0.167. The van der Waals surface area contributed by atoms with Crippen molar-refractivity contribution in [1.29, 1.82) is 0 Å². The first kappa shape index (κ1) is 33.7. The summed E-state index contributed by atoms with van der Waals surface area (Å²) in [5.74, 6) is 1.50. The molecule has 1 unspecified atom stereocenters. The molecule has 5 heteroatoms. The van der Waals surface area contributed by atoms with Crippen LogP contribution >= 0.6 is 0 Å². The average Bonchev–Trinajstić information content (AvgIpc) is 3.09. The smallest absolute Gasteiger partial charge is 0.225 e. The molecule has 1 saturated carbocycles. The maximum absolute atomic E-state index is 13.8. The fourth-order valence-corrected chi connectivity index (χ4v) is 6.85. The highest BCUT2D eigenvalue weighted by Crippen LogP contribution is 2.45. The Labute approximate surface area is 286 Å². The molecule has 0 spiro atoms. The highest BCUT2D eigenvalue weighted by molar-refractivity contribution is 5.93. The fraction of sp³-hybridized carbons (Fsp3) is 0.372. The highest BCUT2D eigenvalue weighted by atomic mass is 16.5. The van der Waals surface area contributed by atoms with Crippen molar-refractivity contribution >= 4 is 17.7 Å². The zero-order chi connectivity index (χ0) is 33.3. The molecular formula is C43H49NO4. The summed E-state index contributed by atoms with van der Waals surface area (Å²) in [6.07, 6.45) is 11.8. The molecule has 1 heterocycles. The Morgan fingerprint density at radius 1 is 0.875 bits per heavy atom. The normalized spacial score (nSPS) is 15.8. The van der Waals surface area contributed by atoms with Gasteiger partial charge < -0.3 is 19.5 Å². The lowest BCUT2D eigenvalue weighted by molar-refractivity contribution is -0.116. The zero-order valence-corrected chi connectivity index (χ0v) is 28.6. The topological polar surface area (TPSA) is 56.8 Å². The van der Waals surface area contributed by atoms with Crippen molar-refractivity contribution in [2.24, 2.45) is 0 Å². The van der Waals surface area contributed by atoms with Gasteiger partial charge in [-0.1, -0.05) is 131 Å². The Hall–Kier alpha value is -4.19. The van der Waals surface area contributed by atoms with Crippen LogP contribution in [0.25, 0.3) is 6.08 Å². The van der Waals surface area contributed by atoms with Crippen molar-refractivity contribution in [3.8, 4) is 11.5 Å². The first-order chi connectivity index (χ1) is 23.3. The minimum Gasteiger partial charge on any atom is -0.457 e. The van der Waals surface area contributed by atoms with Gasteiger partial charge in [0.2, 0.25) is 5.91 Å².